The summed E-state index contributed by atoms with van der Waals surface area (Å²) in [5.41, 5.74) is 5.35. The Morgan fingerprint density at radius 2 is 1.84 bits per heavy atom. The molecule has 2 heteroatoms. The second-order valence-electron chi connectivity index (χ2n) is 5.08. The van der Waals surface area contributed by atoms with Crippen LogP contribution in [0.25, 0.3) is 0 Å². The van der Waals surface area contributed by atoms with Crippen molar-refractivity contribution in [3.05, 3.63) is 69.2 Å². The van der Waals surface area contributed by atoms with Gasteiger partial charge in [-0.1, -0.05) is 46.3 Å². The number of hydrogen-bond acceptors (Lipinski definition) is 1. The number of hydrogen-bond donors (Lipinski definition) is 1. The molecule has 1 atom stereocenters. The van der Waals surface area contributed by atoms with E-state index >= 15 is 0 Å². The molecule has 0 fully saturated rings. The number of nitrogens with one attached hydrogen (secondary N) is 1. The Labute approximate surface area is 124 Å². The molecule has 0 radical (unpaired) electrons. The largest absolute Gasteiger partial charge is 0.306 e. The first kappa shape index (κ1) is 14.3. The van der Waals surface area contributed by atoms with E-state index in [0.29, 0.717) is 6.04 Å². The topological polar surface area (TPSA) is 12.0 Å². The maximum absolute atomic E-state index is 3.57. The fourth-order valence-corrected chi connectivity index (χ4v) is 2.50. The van der Waals surface area contributed by atoms with Crippen LogP contribution >= 0.6 is 15.9 Å². The van der Waals surface area contributed by atoms with Crippen molar-refractivity contribution >= 4 is 15.9 Å². The standard InChI is InChI=1S/C17H20BrN/c1-12-7-8-15(9-13(12)2)11-19-14(3)16-5-4-6-17(18)10-16/h4-10,14,19H,11H2,1-3H3/t14-/m0/s1. The van der Waals surface area contributed by atoms with Gasteiger partial charge in [0.05, 0.1) is 0 Å². The quantitative estimate of drug-likeness (QED) is 0.844. The van der Waals surface area contributed by atoms with Crippen LogP contribution in [0.1, 0.15) is 35.2 Å². The predicted molar refractivity (Wildman–Crippen MR) is 85.3 cm³/mol. The molecule has 0 saturated carbocycles. The summed E-state index contributed by atoms with van der Waals surface area (Å²) < 4.78 is 1.13. The van der Waals surface area contributed by atoms with E-state index in [1.165, 1.54) is 22.3 Å². The Morgan fingerprint density at radius 3 is 2.53 bits per heavy atom. The molecule has 0 heterocycles. The lowest BCUT2D eigenvalue weighted by Crippen LogP contribution is -2.18. The molecule has 0 unspecified atom stereocenters. The molecule has 1 N–H and O–H groups in total. The summed E-state index contributed by atoms with van der Waals surface area (Å²) in [6.45, 7) is 7.41. The van der Waals surface area contributed by atoms with E-state index in [2.05, 4.69) is 84.5 Å². The Morgan fingerprint density at radius 1 is 1.05 bits per heavy atom. The van der Waals surface area contributed by atoms with Gasteiger partial charge >= 0.3 is 0 Å². The molecule has 2 aromatic rings. The van der Waals surface area contributed by atoms with Gasteiger partial charge in [-0.25, -0.2) is 0 Å². The van der Waals surface area contributed by atoms with Gasteiger partial charge in [-0.3, -0.25) is 0 Å². The number of halogens is 1. The number of benzene rings is 2. The lowest BCUT2D eigenvalue weighted by molar-refractivity contribution is 0.574. The first-order valence-corrected chi connectivity index (χ1v) is 7.40. The lowest BCUT2D eigenvalue weighted by Gasteiger charge is -2.15. The van der Waals surface area contributed by atoms with Gasteiger partial charge in [0.2, 0.25) is 0 Å². The first-order valence-electron chi connectivity index (χ1n) is 6.61. The molecular weight excluding hydrogens is 298 g/mol. The average molecular weight is 318 g/mol. The van der Waals surface area contributed by atoms with Crippen molar-refractivity contribution in [1.82, 2.24) is 5.32 Å². The van der Waals surface area contributed by atoms with Crippen molar-refractivity contribution in [3.63, 3.8) is 0 Å². The number of rotatable bonds is 4. The van der Waals surface area contributed by atoms with Crippen LogP contribution in [-0.2, 0) is 6.54 Å². The van der Waals surface area contributed by atoms with Crippen LogP contribution in [0.3, 0.4) is 0 Å². The molecule has 0 aromatic heterocycles. The SMILES string of the molecule is Cc1ccc(CN[C@@H](C)c2cccc(Br)c2)cc1C. The van der Waals surface area contributed by atoms with Crippen molar-refractivity contribution < 1.29 is 0 Å². The van der Waals surface area contributed by atoms with Crippen LogP contribution in [0.15, 0.2) is 46.9 Å². The van der Waals surface area contributed by atoms with Gasteiger partial charge in [0, 0.05) is 17.1 Å². The highest BCUT2D eigenvalue weighted by atomic mass is 79.9. The fourth-order valence-electron chi connectivity index (χ4n) is 2.08. The summed E-state index contributed by atoms with van der Waals surface area (Å²) in [6, 6.07) is 15.4. The summed E-state index contributed by atoms with van der Waals surface area (Å²) in [4.78, 5) is 0. The molecule has 0 saturated heterocycles. The molecule has 2 aromatic carbocycles. The number of aryl methyl sites for hydroxylation is 2. The molecule has 0 bridgehead atoms. The van der Waals surface area contributed by atoms with Gasteiger partial charge in [0.15, 0.2) is 0 Å². The monoisotopic (exact) mass is 317 g/mol. The first-order chi connectivity index (χ1) is 9.06. The minimum Gasteiger partial charge on any atom is -0.306 e. The van der Waals surface area contributed by atoms with Gasteiger partial charge in [-0.15, -0.1) is 0 Å². The third-order valence-electron chi connectivity index (χ3n) is 3.53. The molecule has 0 amide bonds. The molecule has 100 valence electrons. The van der Waals surface area contributed by atoms with Crippen LogP contribution in [0.5, 0.6) is 0 Å². The van der Waals surface area contributed by atoms with E-state index in [4.69, 9.17) is 0 Å². The van der Waals surface area contributed by atoms with Crippen molar-refractivity contribution in [2.45, 2.75) is 33.4 Å². The smallest absolute Gasteiger partial charge is 0.0295 e. The minimum atomic E-state index is 0.346. The zero-order chi connectivity index (χ0) is 13.8. The average Bonchev–Trinajstić information content (AvgIpc) is 2.40. The highest BCUT2D eigenvalue weighted by molar-refractivity contribution is 9.10. The molecule has 2 rings (SSSR count). The van der Waals surface area contributed by atoms with Crippen molar-refractivity contribution in [2.75, 3.05) is 0 Å². The second kappa shape index (κ2) is 6.36. The molecule has 0 aliphatic heterocycles. The van der Waals surface area contributed by atoms with Gasteiger partial charge in [-0.05, 0) is 55.2 Å². The zero-order valence-electron chi connectivity index (χ0n) is 11.7. The molecular formula is C17H20BrN. The Hall–Kier alpha value is -1.12. The van der Waals surface area contributed by atoms with Crippen molar-refractivity contribution in [1.29, 1.82) is 0 Å². The van der Waals surface area contributed by atoms with E-state index < -0.39 is 0 Å². The van der Waals surface area contributed by atoms with Crippen molar-refractivity contribution in [2.24, 2.45) is 0 Å². The van der Waals surface area contributed by atoms with Crippen LogP contribution in [0.4, 0.5) is 0 Å². The summed E-state index contributed by atoms with van der Waals surface area (Å²) in [5, 5.41) is 3.57. The third-order valence-corrected chi connectivity index (χ3v) is 4.03. The third kappa shape index (κ3) is 3.92. The Balaban J connectivity index is 2.00. The minimum absolute atomic E-state index is 0.346. The second-order valence-corrected chi connectivity index (χ2v) is 5.99. The Bertz CT molecular complexity index is 563. The van der Waals surface area contributed by atoms with E-state index in [1.54, 1.807) is 0 Å². The molecule has 19 heavy (non-hydrogen) atoms. The maximum atomic E-state index is 3.57. The summed E-state index contributed by atoms with van der Waals surface area (Å²) >= 11 is 3.52. The lowest BCUT2D eigenvalue weighted by atomic mass is 10.1. The van der Waals surface area contributed by atoms with Crippen LogP contribution in [0, 0.1) is 13.8 Å². The van der Waals surface area contributed by atoms with Crippen molar-refractivity contribution in [3.8, 4) is 0 Å². The van der Waals surface area contributed by atoms with Gasteiger partial charge in [0.25, 0.3) is 0 Å². The highest BCUT2D eigenvalue weighted by Crippen LogP contribution is 2.18. The van der Waals surface area contributed by atoms with E-state index in [1.807, 2.05) is 0 Å². The van der Waals surface area contributed by atoms with Gasteiger partial charge < -0.3 is 5.32 Å². The van der Waals surface area contributed by atoms with E-state index in [-0.39, 0.29) is 0 Å². The van der Waals surface area contributed by atoms with Crippen LogP contribution in [-0.4, -0.2) is 0 Å². The van der Waals surface area contributed by atoms with Gasteiger partial charge in [0.1, 0.15) is 0 Å². The van der Waals surface area contributed by atoms with Gasteiger partial charge in [-0.2, -0.15) is 0 Å². The molecule has 0 spiro atoms. The highest BCUT2D eigenvalue weighted by Gasteiger charge is 2.05. The summed E-state index contributed by atoms with van der Waals surface area (Å²) in [7, 11) is 0. The van der Waals surface area contributed by atoms with Crippen LogP contribution in [0.2, 0.25) is 0 Å². The molecule has 0 aliphatic rings. The summed E-state index contributed by atoms with van der Waals surface area (Å²) in [5.74, 6) is 0. The Kier molecular flexibility index (Phi) is 4.78. The van der Waals surface area contributed by atoms with E-state index in [0.717, 1.165) is 11.0 Å². The fraction of sp³-hybridized carbons (Fsp3) is 0.294. The normalized spacial score (nSPS) is 12.4. The maximum Gasteiger partial charge on any atom is 0.0295 e. The zero-order valence-corrected chi connectivity index (χ0v) is 13.3. The summed E-state index contributed by atoms with van der Waals surface area (Å²) in [6.07, 6.45) is 0. The predicted octanol–water partition coefficient (Wildman–Crippen LogP) is 4.92. The van der Waals surface area contributed by atoms with Crippen LogP contribution < -0.4 is 5.32 Å². The molecule has 1 nitrogen and oxygen atoms in total. The molecule has 0 aliphatic carbocycles. The van der Waals surface area contributed by atoms with E-state index in [9.17, 15) is 0 Å².